The zero-order chi connectivity index (χ0) is 10.0. The predicted octanol–water partition coefficient (Wildman–Crippen LogP) is -16.9. The van der Waals surface area contributed by atoms with Crippen LogP contribution in [-0.2, 0) is 4.57 Å². The molecular formula is C4H21N3Na5O4P. The molecule has 86 valence electrons. The first kappa shape index (κ1) is 43.1. The molecule has 13 heteroatoms. The van der Waals surface area contributed by atoms with Crippen LogP contribution in [0.1, 0.15) is 7.13 Å². The molecule has 0 aromatic heterocycles. The molecule has 0 aliphatic rings. The van der Waals surface area contributed by atoms with Crippen LogP contribution >= 0.6 is 7.82 Å². The van der Waals surface area contributed by atoms with Gasteiger partial charge >= 0.3 is 156 Å². The minimum absolute atomic E-state index is 0. The first-order valence-electron chi connectivity index (χ1n) is 3.31. The maximum Gasteiger partial charge on any atom is 1.00 e. The van der Waals surface area contributed by atoms with Crippen molar-refractivity contribution in [2.24, 2.45) is 11.5 Å². The van der Waals surface area contributed by atoms with E-state index in [0.29, 0.717) is 13.1 Å². The molecule has 0 aromatic carbocycles. The van der Waals surface area contributed by atoms with E-state index in [0.717, 1.165) is 13.1 Å². The van der Waals surface area contributed by atoms with Gasteiger partial charge in [0.15, 0.2) is 0 Å². The molecule has 0 aliphatic heterocycles. The van der Waals surface area contributed by atoms with Gasteiger partial charge in [0.2, 0.25) is 0 Å². The number of hydrogen-bond acceptors (Lipinski definition) is 4. The molecule has 0 spiro atoms. The van der Waals surface area contributed by atoms with Crippen LogP contribution in [0.3, 0.4) is 0 Å². The summed E-state index contributed by atoms with van der Waals surface area (Å²) in [5.74, 6) is 0. The molecule has 0 amide bonds. The molecule has 0 rings (SSSR count). The molecule has 0 bridgehead atoms. The molecule has 0 aliphatic carbocycles. The summed E-state index contributed by atoms with van der Waals surface area (Å²) in [5.41, 5.74) is 10.3. The third-order valence-electron chi connectivity index (χ3n) is 0.642. The quantitative estimate of drug-likeness (QED) is 0.171. The van der Waals surface area contributed by atoms with Crippen LogP contribution in [-0.4, -0.2) is 40.9 Å². The van der Waals surface area contributed by atoms with Gasteiger partial charge in [-0.2, -0.15) is 0 Å². The van der Waals surface area contributed by atoms with Crippen molar-refractivity contribution in [2.45, 2.75) is 0 Å². The van der Waals surface area contributed by atoms with E-state index in [9.17, 15) is 0 Å². The van der Waals surface area contributed by atoms with Crippen molar-refractivity contribution >= 4 is 7.82 Å². The van der Waals surface area contributed by atoms with Gasteiger partial charge < -0.3 is 38.6 Å². The summed E-state index contributed by atoms with van der Waals surface area (Å²) < 4.78 is 8.88. The zero-order valence-electron chi connectivity index (χ0n) is 16.7. The Morgan fingerprint density at radius 1 is 0.882 bits per heavy atom. The van der Waals surface area contributed by atoms with Crippen LogP contribution in [0, 0.1) is 0 Å². The van der Waals surface area contributed by atoms with Gasteiger partial charge in [-0.05, 0) is 0 Å². The van der Waals surface area contributed by atoms with Crippen molar-refractivity contribution in [1.29, 1.82) is 0 Å². The number of phosphoric acid groups is 1. The Balaban J connectivity index is -0.00000000635. The van der Waals surface area contributed by atoms with Crippen molar-refractivity contribution in [3.63, 3.8) is 0 Å². The normalized spacial score (nSPS) is 7.35. The zero-order valence-corrected chi connectivity index (χ0v) is 22.6. The van der Waals surface area contributed by atoms with E-state index in [2.05, 4.69) is 5.32 Å². The van der Waals surface area contributed by atoms with Crippen LogP contribution in [0.25, 0.3) is 0 Å². The molecule has 0 saturated heterocycles. The molecule has 17 heavy (non-hydrogen) atoms. The number of hydrogen-bond donors (Lipinski definition) is 6. The first-order chi connectivity index (χ1) is 5.41. The van der Waals surface area contributed by atoms with Crippen LogP contribution in [0.4, 0.5) is 0 Å². The fraction of sp³-hybridized carbons (Fsp3) is 1.00. The van der Waals surface area contributed by atoms with E-state index in [-0.39, 0.29) is 155 Å². The Labute approximate surface area is 220 Å². The maximum absolute atomic E-state index is 8.88. The van der Waals surface area contributed by atoms with E-state index >= 15 is 0 Å². The van der Waals surface area contributed by atoms with Gasteiger partial charge in [-0.1, -0.05) is 0 Å². The average Bonchev–Trinajstić information content (AvgIpc) is 1.85. The summed E-state index contributed by atoms with van der Waals surface area (Å²) in [4.78, 5) is 21.6. The Kier molecular flexibility index (Phi) is 83.2. The summed E-state index contributed by atoms with van der Waals surface area (Å²) in [6.07, 6.45) is 0. The van der Waals surface area contributed by atoms with E-state index in [1.165, 1.54) is 0 Å². The predicted molar refractivity (Wildman–Crippen MR) is 50.8 cm³/mol. The summed E-state index contributed by atoms with van der Waals surface area (Å²) in [6, 6.07) is 0. The molecular weight excluding hydrogens is 300 g/mol. The van der Waals surface area contributed by atoms with Crippen molar-refractivity contribution in [3.05, 3.63) is 0 Å². The molecule has 0 aromatic rings. The molecule has 0 atom stereocenters. The van der Waals surface area contributed by atoms with E-state index in [1.807, 2.05) is 0 Å². The Hall–Kier alpha value is 4.99. The SMILES string of the molecule is NCCNCCN.O=P(O)(O)O.[H-].[H-].[H-].[H-].[H-].[Na+].[Na+].[Na+].[Na+].[Na+]. The van der Waals surface area contributed by atoms with Gasteiger partial charge in [-0.25, -0.2) is 4.57 Å². The second kappa shape index (κ2) is 32.8. The number of rotatable bonds is 4. The standard InChI is InChI=1S/C4H13N3.5Na.H3O4P.5H/c5-1-3-7-4-2-6;;;;;;1-5(2,3)4;;;;;/h7H,1-6H2;;;;;;(H3,1,2,3,4);;;;;/q;5*+1;;5*-1. The average molecular weight is 321 g/mol. The van der Waals surface area contributed by atoms with Crippen molar-refractivity contribution < 1.29 is 174 Å². The maximum atomic E-state index is 8.88. The third-order valence-corrected chi connectivity index (χ3v) is 0.642. The Morgan fingerprint density at radius 2 is 1.06 bits per heavy atom. The van der Waals surface area contributed by atoms with Gasteiger partial charge in [0.05, 0.1) is 0 Å². The minimum Gasteiger partial charge on any atom is -1.00 e. The van der Waals surface area contributed by atoms with Gasteiger partial charge in [0, 0.05) is 26.2 Å². The molecule has 8 N–H and O–H groups in total. The van der Waals surface area contributed by atoms with Gasteiger partial charge in [0.25, 0.3) is 0 Å². The Bertz CT molecular complexity index is 147. The van der Waals surface area contributed by atoms with Crippen LogP contribution in [0.5, 0.6) is 0 Å². The van der Waals surface area contributed by atoms with E-state index in [1.54, 1.807) is 0 Å². The molecule has 7 nitrogen and oxygen atoms in total. The van der Waals surface area contributed by atoms with Crippen molar-refractivity contribution in [1.82, 2.24) is 5.32 Å². The summed E-state index contributed by atoms with van der Waals surface area (Å²) in [6.45, 7) is 3.13. The minimum atomic E-state index is -4.64. The molecule has 0 radical (unpaired) electrons. The molecule has 0 fully saturated rings. The largest absolute Gasteiger partial charge is 1.00 e. The van der Waals surface area contributed by atoms with Crippen LogP contribution in [0.2, 0.25) is 0 Å². The molecule has 0 heterocycles. The van der Waals surface area contributed by atoms with Gasteiger partial charge in [-0.15, -0.1) is 0 Å². The summed E-state index contributed by atoms with van der Waals surface area (Å²) in [5, 5.41) is 3.03. The monoisotopic (exact) mass is 321 g/mol. The molecule has 0 saturated carbocycles. The topological polar surface area (TPSA) is 142 Å². The number of nitrogens with two attached hydrogens (primary N) is 2. The summed E-state index contributed by atoms with van der Waals surface area (Å²) in [7, 11) is -4.64. The second-order valence-corrected chi connectivity index (χ2v) is 2.87. The van der Waals surface area contributed by atoms with Gasteiger partial charge in [0.1, 0.15) is 0 Å². The smallest absolute Gasteiger partial charge is 1.00 e. The first-order valence-corrected chi connectivity index (χ1v) is 4.87. The number of nitrogens with one attached hydrogen (secondary N) is 1. The molecule has 0 unspecified atom stereocenters. The van der Waals surface area contributed by atoms with Crippen molar-refractivity contribution in [3.8, 4) is 0 Å². The van der Waals surface area contributed by atoms with E-state index < -0.39 is 7.82 Å². The van der Waals surface area contributed by atoms with E-state index in [4.69, 9.17) is 30.7 Å². The van der Waals surface area contributed by atoms with Crippen LogP contribution in [0.15, 0.2) is 0 Å². The fourth-order valence-electron chi connectivity index (χ4n) is 0.329. The third kappa shape index (κ3) is 93.7. The van der Waals surface area contributed by atoms with Crippen molar-refractivity contribution in [2.75, 3.05) is 26.2 Å². The second-order valence-electron chi connectivity index (χ2n) is 1.84. The van der Waals surface area contributed by atoms with Gasteiger partial charge in [-0.3, -0.25) is 0 Å². The summed E-state index contributed by atoms with van der Waals surface area (Å²) >= 11 is 0. The Morgan fingerprint density at radius 3 is 1.18 bits per heavy atom. The van der Waals surface area contributed by atoms with Crippen LogP contribution < -0.4 is 165 Å². The fourth-order valence-corrected chi connectivity index (χ4v) is 0.329.